The van der Waals surface area contributed by atoms with Gasteiger partial charge in [0, 0.05) is 16.3 Å². The molecule has 8 heteroatoms. The minimum absolute atomic E-state index is 0.129. The third-order valence-electron chi connectivity index (χ3n) is 5.36. The van der Waals surface area contributed by atoms with Gasteiger partial charge in [-0.25, -0.2) is 4.98 Å². The van der Waals surface area contributed by atoms with Crippen LogP contribution in [-0.4, -0.2) is 16.0 Å². The molecule has 0 saturated heterocycles. The van der Waals surface area contributed by atoms with E-state index in [-0.39, 0.29) is 15.7 Å². The van der Waals surface area contributed by atoms with Crippen LogP contribution in [0.1, 0.15) is 42.1 Å². The molecule has 0 saturated carbocycles. The fourth-order valence-corrected chi connectivity index (χ4v) is 3.93. The third kappa shape index (κ3) is 5.36. The molecule has 1 amide bonds. The van der Waals surface area contributed by atoms with E-state index < -0.39 is 5.91 Å². The largest absolute Gasteiger partial charge is 0.436 e. The highest BCUT2D eigenvalue weighted by atomic mass is 35.5. The van der Waals surface area contributed by atoms with Gasteiger partial charge in [0.1, 0.15) is 5.52 Å². The van der Waals surface area contributed by atoms with E-state index in [4.69, 9.17) is 39.8 Å². The first kappa shape index (κ1) is 23.2. The predicted octanol–water partition coefficient (Wildman–Crippen LogP) is 7.44. The summed E-state index contributed by atoms with van der Waals surface area (Å²) < 4.78 is 5.96. The zero-order valence-electron chi connectivity index (χ0n) is 18.0. The van der Waals surface area contributed by atoms with Gasteiger partial charge in [0.15, 0.2) is 10.7 Å². The van der Waals surface area contributed by atoms with Crippen LogP contribution in [0.5, 0.6) is 0 Å². The van der Waals surface area contributed by atoms with Crippen LogP contribution in [0.3, 0.4) is 0 Å². The number of carbonyl (C=O) groups is 1. The molecule has 0 spiro atoms. The molecule has 1 aromatic heterocycles. The van der Waals surface area contributed by atoms with E-state index in [1.165, 1.54) is 11.6 Å². The Morgan fingerprint density at radius 1 is 1.12 bits per heavy atom. The average Bonchev–Trinajstić information content (AvgIpc) is 3.23. The lowest BCUT2D eigenvalue weighted by Crippen LogP contribution is -2.34. The molecule has 4 rings (SSSR count). The van der Waals surface area contributed by atoms with Crippen molar-refractivity contribution in [3.05, 3.63) is 81.8 Å². The van der Waals surface area contributed by atoms with Crippen molar-refractivity contribution in [3.63, 3.8) is 0 Å². The molecule has 33 heavy (non-hydrogen) atoms. The number of benzene rings is 3. The number of rotatable bonds is 5. The molecule has 0 fully saturated rings. The van der Waals surface area contributed by atoms with E-state index in [9.17, 15) is 4.79 Å². The number of amides is 1. The van der Waals surface area contributed by atoms with Gasteiger partial charge in [0.05, 0.1) is 10.6 Å². The quantitative estimate of drug-likeness (QED) is 0.280. The van der Waals surface area contributed by atoms with E-state index in [0.29, 0.717) is 22.5 Å². The Bertz CT molecular complexity index is 1350. The summed E-state index contributed by atoms with van der Waals surface area (Å²) >= 11 is 17.3. The molecular formula is C25H21Cl2N3O2S. The average molecular weight is 498 g/mol. The third-order valence-corrected chi connectivity index (χ3v) is 6.13. The molecule has 5 nitrogen and oxygen atoms in total. The number of fused-ring (bicyclic) bond motifs is 1. The van der Waals surface area contributed by atoms with Crippen molar-refractivity contribution < 1.29 is 9.21 Å². The van der Waals surface area contributed by atoms with Crippen molar-refractivity contribution in [1.82, 2.24) is 10.3 Å². The summed E-state index contributed by atoms with van der Waals surface area (Å²) in [6.07, 6.45) is 1.06. The molecule has 0 radical (unpaired) electrons. The number of anilines is 1. The lowest BCUT2D eigenvalue weighted by Gasteiger charge is -2.11. The topological polar surface area (TPSA) is 67.2 Å². The lowest BCUT2D eigenvalue weighted by molar-refractivity contribution is 0.0978. The summed E-state index contributed by atoms with van der Waals surface area (Å²) in [5.74, 6) is 0.517. The Morgan fingerprint density at radius 3 is 2.73 bits per heavy atom. The molecule has 3 aromatic carbocycles. The van der Waals surface area contributed by atoms with Gasteiger partial charge in [-0.05, 0) is 78.7 Å². The maximum absolute atomic E-state index is 12.5. The fraction of sp³-hybridized carbons (Fsp3) is 0.160. The first-order chi connectivity index (χ1) is 15.8. The van der Waals surface area contributed by atoms with Crippen LogP contribution >= 0.6 is 35.4 Å². The summed E-state index contributed by atoms with van der Waals surface area (Å²) in [5, 5.41) is 6.44. The zero-order valence-corrected chi connectivity index (χ0v) is 20.3. The minimum atomic E-state index is -0.452. The van der Waals surface area contributed by atoms with Gasteiger partial charge in [-0.2, -0.15) is 0 Å². The second-order valence-electron chi connectivity index (χ2n) is 7.67. The molecule has 4 aromatic rings. The number of hydrogen-bond acceptors (Lipinski definition) is 4. The molecule has 2 N–H and O–H groups in total. The molecule has 0 aliphatic rings. The van der Waals surface area contributed by atoms with Gasteiger partial charge >= 0.3 is 0 Å². The number of nitrogens with zero attached hydrogens (tertiary/aromatic N) is 1. The van der Waals surface area contributed by atoms with E-state index in [2.05, 4.69) is 41.6 Å². The van der Waals surface area contributed by atoms with Crippen LogP contribution in [0.15, 0.2) is 65.1 Å². The van der Waals surface area contributed by atoms with E-state index in [0.717, 1.165) is 23.1 Å². The molecule has 168 valence electrons. The van der Waals surface area contributed by atoms with Crippen LogP contribution in [0.2, 0.25) is 10.0 Å². The van der Waals surface area contributed by atoms with Gasteiger partial charge in [-0.15, -0.1) is 0 Å². The van der Waals surface area contributed by atoms with E-state index >= 15 is 0 Å². The summed E-state index contributed by atoms with van der Waals surface area (Å²) in [6.45, 7) is 4.36. The van der Waals surface area contributed by atoms with Crippen molar-refractivity contribution in [2.45, 2.75) is 26.2 Å². The lowest BCUT2D eigenvalue weighted by atomic mass is 9.98. The minimum Gasteiger partial charge on any atom is -0.436 e. The highest BCUT2D eigenvalue weighted by Crippen LogP contribution is 2.29. The summed E-state index contributed by atoms with van der Waals surface area (Å²) in [6, 6.07) is 18.2. The summed E-state index contributed by atoms with van der Waals surface area (Å²) in [5.41, 5.74) is 4.50. The first-order valence-electron chi connectivity index (χ1n) is 10.4. The van der Waals surface area contributed by atoms with Gasteiger partial charge < -0.3 is 9.73 Å². The molecule has 1 atom stereocenters. The number of thiocarbonyl (C=S) groups is 1. The second kappa shape index (κ2) is 9.91. The van der Waals surface area contributed by atoms with Crippen molar-refractivity contribution in [1.29, 1.82) is 0 Å². The standard InChI is InChI=1S/C25H21Cl2N3O2S/c1-3-14(2)15-7-10-22-21(12-15)29-24(32-22)16-5-4-6-18(11-16)28-25(33)30-23(31)19-13-17(26)8-9-20(19)27/h4-14H,3H2,1-2H3,(H2,28,30,31,33). The molecular weight excluding hydrogens is 477 g/mol. The van der Waals surface area contributed by atoms with Crippen LogP contribution < -0.4 is 10.6 Å². The van der Waals surface area contributed by atoms with Crippen molar-refractivity contribution in [2.75, 3.05) is 5.32 Å². The fourth-order valence-electron chi connectivity index (χ4n) is 3.34. The van der Waals surface area contributed by atoms with Gasteiger partial charge in [0.25, 0.3) is 5.91 Å². The Hall–Kier alpha value is -2.93. The highest BCUT2D eigenvalue weighted by molar-refractivity contribution is 7.80. The summed E-state index contributed by atoms with van der Waals surface area (Å²) in [4.78, 5) is 17.2. The van der Waals surface area contributed by atoms with E-state index in [1.807, 2.05) is 30.3 Å². The Morgan fingerprint density at radius 2 is 1.94 bits per heavy atom. The number of carbonyl (C=O) groups excluding carboxylic acids is 1. The molecule has 0 aliphatic carbocycles. The molecule has 1 heterocycles. The first-order valence-corrected chi connectivity index (χ1v) is 11.6. The Balaban J connectivity index is 1.50. The van der Waals surface area contributed by atoms with Gasteiger partial charge in [0.2, 0.25) is 5.89 Å². The van der Waals surface area contributed by atoms with Gasteiger partial charge in [-0.1, -0.05) is 49.2 Å². The highest BCUT2D eigenvalue weighted by Gasteiger charge is 2.14. The predicted molar refractivity (Wildman–Crippen MR) is 138 cm³/mol. The van der Waals surface area contributed by atoms with Crippen molar-refractivity contribution in [3.8, 4) is 11.5 Å². The van der Waals surface area contributed by atoms with E-state index in [1.54, 1.807) is 12.1 Å². The van der Waals surface area contributed by atoms with Gasteiger partial charge in [-0.3, -0.25) is 10.1 Å². The SMILES string of the molecule is CCC(C)c1ccc2oc(-c3cccc(NC(=S)NC(=O)c4cc(Cl)ccc4Cl)c3)nc2c1. The molecule has 0 aliphatic heterocycles. The smallest absolute Gasteiger partial charge is 0.258 e. The van der Waals surface area contributed by atoms with Crippen LogP contribution in [0.25, 0.3) is 22.6 Å². The molecule has 0 bridgehead atoms. The van der Waals surface area contributed by atoms with Crippen molar-refractivity contribution >= 4 is 63.2 Å². The number of oxazole rings is 1. The Labute approximate surface area is 207 Å². The summed E-state index contributed by atoms with van der Waals surface area (Å²) in [7, 11) is 0. The maximum atomic E-state index is 12.5. The monoisotopic (exact) mass is 497 g/mol. The zero-order chi connectivity index (χ0) is 23.5. The number of hydrogen-bond donors (Lipinski definition) is 2. The number of aromatic nitrogens is 1. The van der Waals surface area contributed by atoms with Crippen LogP contribution in [0.4, 0.5) is 5.69 Å². The maximum Gasteiger partial charge on any atom is 0.258 e. The Kier molecular flexibility index (Phi) is 6.98. The second-order valence-corrected chi connectivity index (χ2v) is 8.92. The van der Waals surface area contributed by atoms with Crippen LogP contribution in [0, 0.1) is 0 Å². The number of halogens is 2. The van der Waals surface area contributed by atoms with Crippen LogP contribution in [-0.2, 0) is 0 Å². The normalized spacial score (nSPS) is 11.9. The number of nitrogens with one attached hydrogen (secondary N) is 2. The molecule has 1 unspecified atom stereocenters. The van der Waals surface area contributed by atoms with Crippen molar-refractivity contribution in [2.24, 2.45) is 0 Å².